The van der Waals surface area contributed by atoms with Gasteiger partial charge in [0.15, 0.2) is 5.69 Å². The third-order valence-corrected chi connectivity index (χ3v) is 4.72. The number of rotatable bonds is 2. The molecular weight excluding hydrogens is 388 g/mol. The zero-order valence-electron chi connectivity index (χ0n) is 14.8. The molecule has 0 radical (unpaired) electrons. The van der Waals surface area contributed by atoms with E-state index in [0.29, 0.717) is 4.68 Å². The third-order valence-electron chi connectivity index (χ3n) is 4.72. The third kappa shape index (κ3) is 4.00. The van der Waals surface area contributed by atoms with Crippen LogP contribution in [0, 0.1) is 12.8 Å². The summed E-state index contributed by atoms with van der Waals surface area (Å²) in [6.45, 7) is 1.08. The Bertz CT molecular complexity index is 854. The lowest BCUT2D eigenvalue weighted by Gasteiger charge is -2.33. The summed E-state index contributed by atoms with van der Waals surface area (Å²) < 4.78 is 80.6. The van der Waals surface area contributed by atoms with Gasteiger partial charge in [0.2, 0.25) is 0 Å². The minimum Gasteiger partial charge on any atom is -0.338 e. The van der Waals surface area contributed by atoms with Crippen LogP contribution in [0.5, 0.6) is 0 Å². The number of piperidine rings is 1. The van der Waals surface area contributed by atoms with Gasteiger partial charge in [-0.2, -0.15) is 31.4 Å². The number of carbonyl (C=O) groups is 1. The van der Waals surface area contributed by atoms with Crippen molar-refractivity contribution < 1.29 is 31.1 Å². The molecule has 10 heteroatoms. The quantitative estimate of drug-likeness (QED) is 0.685. The number of hydrogen-bond acceptors (Lipinski definition) is 2. The van der Waals surface area contributed by atoms with E-state index in [1.807, 2.05) is 0 Å². The lowest BCUT2D eigenvalue weighted by Crippen LogP contribution is -2.45. The normalized spacial score (nSPS) is 18.4. The van der Waals surface area contributed by atoms with Gasteiger partial charge in [-0.25, -0.2) is 4.68 Å². The minimum atomic E-state index is -4.91. The van der Waals surface area contributed by atoms with E-state index in [4.69, 9.17) is 0 Å². The molecule has 1 fully saturated rings. The van der Waals surface area contributed by atoms with Crippen molar-refractivity contribution in [2.45, 2.75) is 32.1 Å². The number of hydrogen-bond donors (Lipinski definition) is 0. The van der Waals surface area contributed by atoms with Crippen molar-refractivity contribution in [3.8, 4) is 5.69 Å². The zero-order chi connectivity index (χ0) is 20.7. The van der Waals surface area contributed by atoms with E-state index in [2.05, 4.69) is 5.10 Å². The van der Waals surface area contributed by atoms with Gasteiger partial charge in [0.05, 0.1) is 23.4 Å². The van der Waals surface area contributed by atoms with Crippen LogP contribution in [-0.2, 0) is 6.18 Å². The molecule has 0 saturated carbocycles. The van der Waals surface area contributed by atoms with E-state index in [-0.39, 0.29) is 25.1 Å². The molecule has 4 nitrogen and oxygen atoms in total. The first kappa shape index (κ1) is 20.2. The molecule has 0 bridgehead atoms. The monoisotopic (exact) mass is 405 g/mol. The van der Waals surface area contributed by atoms with Gasteiger partial charge < -0.3 is 4.90 Å². The van der Waals surface area contributed by atoms with Crippen molar-refractivity contribution in [3.63, 3.8) is 0 Å². The molecule has 1 unspecified atom stereocenters. The van der Waals surface area contributed by atoms with E-state index in [1.54, 1.807) is 19.1 Å². The maximum Gasteiger partial charge on any atom is 0.434 e. The van der Waals surface area contributed by atoms with Crippen molar-refractivity contribution in [2.75, 3.05) is 13.1 Å². The van der Waals surface area contributed by atoms with Gasteiger partial charge in [-0.15, -0.1) is 0 Å². The Hall–Kier alpha value is -2.52. The molecular formula is C18H17F6N3O. The average Bonchev–Trinajstić information content (AvgIpc) is 3.06. The van der Waals surface area contributed by atoms with Gasteiger partial charge in [0.25, 0.3) is 5.91 Å². The Morgan fingerprint density at radius 2 is 1.75 bits per heavy atom. The second-order valence-corrected chi connectivity index (χ2v) is 6.78. The number of alkyl halides is 6. The molecule has 0 aliphatic carbocycles. The predicted molar refractivity (Wildman–Crippen MR) is 88.0 cm³/mol. The first-order valence-electron chi connectivity index (χ1n) is 8.56. The lowest BCUT2D eigenvalue weighted by molar-refractivity contribution is -0.184. The van der Waals surface area contributed by atoms with Crippen LogP contribution < -0.4 is 0 Å². The Labute approximate surface area is 156 Å². The van der Waals surface area contributed by atoms with Crippen molar-refractivity contribution >= 4 is 5.91 Å². The molecule has 1 aliphatic heterocycles. The van der Waals surface area contributed by atoms with E-state index in [0.717, 1.165) is 16.7 Å². The SMILES string of the molecule is Cc1ccc(-n2ncc(C(=O)N3CCCC(C(F)(F)F)C3)c2C(F)(F)F)cc1. The summed E-state index contributed by atoms with van der Waals surface area (Å²) >= 11 is 0. The van der Waals surface area contributed by atoms with Crippen LogP contribution >= 0.6 is 0 Å². The second-order valence-electron chi connectivity index (χ2n) is 6.78. The summed E-state index contributed by atoms with van der Waals surface area (Å²) in [5, 5.41) is 3.69. The van der Waals surface area contributed by atoms with Crippen LogP contribution in [0.2, 0.25) is 0 Å². The topological polar surface area (TPSA) is 38.1 Å². The number of nitrogens with zero attached hydrogens (tertiary/aromatic N) is 3. The molecule has 1 saturated heterocycles. The van der Waals surface area contributed by atoms with Crippen LogP contribution in [0.25, 0.3) is 5.69 Å². The fourth-order valence-corrected chi connectivity index (χ4v) is 3.26. The fourth-order valence-electron chi connectivity index (χ4n) is 3.26. The molecule has 28 heavy (non-hydrogen) atoms. The van der Waals surface area contributed by atoms with Crippen LogP contribution in [-0.4, -0.2) is 39.9 Å². The van der Waals surface area contributed by atoms with Crippen LogP contribution in [0.15, 0.2) is 30.5 Å². The van der Waals surface area contributed by atoms with Crippen molar-refractivity contribution in [1.82, 2.24) is 14.7 Å². The zero-order valence-corrected chi connectivity index (χ0v) is 14.8. The second kappa shape index (κ2) is 7.14. The Morgan fingerprint density at radius 1 is 1.11 bits per heavy atom. The van der Waals surface area contributed by atoms with Crippen molar-refractivity contribution in [3.05, 3.63) is 47.3 Å². The summed E-state index contributed by atoms with van der Waals surface area (Å²) in [6.07, 6.45) is -8.73. The molecule has 0 spiro atoms. The van der Waals surface area contributed by atoms with Gasteiger partial charge in [-0.1, -0.05) is 17.7 Å². The molecule has 0 N–H and O–H groups in total. The van der Waals surface area contributed by atoms with Gasteiger partial charge in [0, 0.05) is 13.1 Å². The predicted octanol–water partition coefficient (Wildman–Crippen LogP) is 4.61. The van der Waals surface area contributed by atoms with Gasteiger partial charge in [-0.05, 0) is 31.9 Å². The number of amides is 1. The summed E-state index contributed by atoms with van der Waals surface area (Å²) in [6, 6.07) is 6.03. The molecule has 1 amide bonds. The average molecular weight is 405 g/mol. The lowest BCUT2D eigenvalue weighted by atomic mass is 9.97. The fraction of sp³-hybridized carbons (Fsp3) is 0.444. The summed E-state index contributed by atoms with van der Waals surface area (Å²) in [4.78, 5) is 13.5. The Balaban J connectivity index is 1.98. The molecule has 2 heterocycles. The highest BCUT2D eigenvalue weighted by molar-refractivity contribution is 5.95. The van der Waals surface area contributed by atoms with E-state index in [9.17, 15) is 31.1 Å². The maximum absolute atomic E-state index is 13.7. The minimum absolute atomic E-state index is 0.0293. The number of aromatic nitrogens is 2. The first-order valence-corrected chi connectivity index (χ1v) is 8.56. The molecule has 2 aromatic rings. The number of halogens is 6. The smallest absolute Gasteiger partial charge is 0.338 e. The number of likely N-dealkylation sites (tertiary alicyclic amines) is 1. The molecule has 3 rings (SSSR count). The van der Waals surface area contributed by atoms with Gasteiger partial charge in [0.1, 0.15) is 0 Å². The molecule has 1 aromatic carbocycles. The number of aryl methyl sites for hydroxylation is 1. The van der Waals surface area contributed by atoms with Crippen LogP contribution in [0.1, 0.15) is 34.5 Å². The number of benzene rings is 1. The van der Waals surface area contributed by atoms with Crippen LogP contribution in [0.3, 0.4) is 0 Å². The first-order chi connectivity index (χ1) is 13.0. The number of carbonyl (C=O) groups excluding carboxylic acids is 1. The molecule has 1 aromatic heterocycles. The van der Waals surface area contributed by atoms with Crippen molar-refractivity contribution in [2.24, 2.45) is 5.92 Å². The molecule has 1 atom stereocenters. The summed E-state index contributed by atoms with van der Waals surface area (Å²) in [5.74, 6) is -2.84. The highest BCUT2D eigenvalue weighted by atomic mass is 19.4. The highest BCUT2D eigenvalue weighted by Gasteiger charge is 2.45. The molecule has 152 valence electrons. The van der Waals surface area contributed by atoms with E-state index in [1.165, 1.54) is 12.1 Å². The van der Waals surface area contributed by atoms with Gasteiger partial charge >= 0.3 is 12.4 Å². The van der Waals surface area contributed by atoms with Crippen molar-refractivity contribution in [1.29, 1.82) is 0 Å². The van der Waals surface area contributed by atoms with E-state index < -0.39 is 42.0 Å². The van der Waals surface area contributed by atoms with Gasteiger partial charge in [-0.3, -0.25) is 4.79 Å². The van der Waals surface area contributed by atoms with Crippen LogP contribution in [0.4, 0.5) is 26.3 Å². The highest BCUT2D eigenvalue weighted by Crippen LogP contribution is 2.36. The van der Waals surface area contributed by atoms with E-state index >= 15 is 0 Å². The standard InChI is InChI=1S/C18H17F6N3O/c1-11-4-6-13(7-5-11)27-15(18(22,23)24)14(9-25-27)16(28)26-8-2-3-12(10-26)17(19,20)21/h4-7,9,12H,2-3,8,10H2,1H3. The maximum atomic E-state index is 13.7. The Kier molecular flexibility index (Phi) is 5.16. The Morgan fingerprint density at radius 3 is 2.32 bits per heavy atom. The largest absolute Gasteiger partial charge is 0.434 e. The molecule has 1 aliphatic rings. The summed E-state index contributed by atoms with van der Waals surface area (Å²) in [7, 11) is 0. The summed E-state index contributed by atoms with van der Waals surface area (Å²) in [5.41, 5.74) is -1.12.